The van der Waals surface area contributed by atoms with E-state index in [1.54, 1.807) is 18.1 Å². The largest absolute Gasteiger partial charge is 0.466 e. The summed E-state index contributed by atoms with van der Waals surface area (Å²) in [5.74, 6) is -1.36. The van der Waals surface area contributed by atoms with E-state index in [0.717, 1.165) is 5.56 Å². The van der Waals surface area contributed by atoms with E-state index >= 15 is 0 Å². The summed E-state index contributed by atoms with van der Waals surface area (Å²) in [6.07, 6.45) is 0. The van der Waals surface area contributed by atoms with Gasteiger partial charge in [-0.2, -0.15) is 0 Å². The maximum atomic E-state index is 13.7. The number of esters is 1. The van der Waals surface area contributed by atoms with Crippen LogP contribution in [0, 0.1) is 5.92 Å². The van der Waals surface area contributed by atoms with Crippen molar-refractivity contribution >= 4 is 17.4 Å². The predicted molar refractivity (Wildman–Crippen MR) is 96.7 cm³/mol. The summed E-state index contributed by atoms with van der Waals surface area (Å²) in [4.78, 5) is 32.9. The fourth-order valence-corrected chi connectivity index (χ4v) is 4.28. The minimum Gasteiger partial charge on any atom is -0.466 e. The quantitative estimate of drug-likeness (QED) is 0.793. The van der Waals surface area contributed by atoms with Gasteiger partial charge in [0, 0.05) is 5.56 Å². The molecule has 5 nitrogen and oxygen atoms in total. The van der Waals surface area contributed by atoms with E-state index in [4.69, 9.17) is 9.57 Å². The Bertz CT molecular complexity index is 877. The Balaban J connectivity index is 2.01. The second-order valence-corrected chi connectivity index (χ2v) is 7.15. The number of hydrogen-bond donors (Lipinski definition) is 0. The van der Waals surface area contributed by atoms with Crippen molar-refractivity contribution in [2.45, 2.75) is 31.9 Å². The standard InChI is InChI=1S/C21H21NO4/c1-4-25-19(24)17-20(2,3)26-22-16-13-9-8-12-15(16)18(23)21(17,22)14-10-6-5-7-11-14/h5-13,17H,4H2,1-3H3/t17-,21+/m0/s1. The van der Waals surface area contributed by atoms with Crippen LogP contribution in [0.4, 0.5) is 5.69 Å². The number of carbonyl (C=O) groups is 2. The van der Waals surface area contributed by atoms with Gasteiger partial charge in [0.15, 0.2) is 11.3 Å². The maximum Gasteiger partial charge on any atom is 0.315 e. The van der Waals surface area contributed by atoms with Gasteiger partial charge in [0.2, 0.25) is 0 Å². The number of para-hydroxylation sites is 1. The number of ketones is 1. The van der Waals surface area contributed by atoms with Crippen molar-refractivity contribution in [2.75, 3.05) is 11.7 Å². The molecule has 0 unspecified atom stereocenters. The van der Waals surface area contributed by atoms with Crippen molar-refractivity contribution in [1.82, 2.24) is 0 Å². The van der Waals surface area contributed by atoms with E-state index in [1.165, 1.54) is 0 Å². The monoisotopic (exact) mass is 351 g/mol. The van der Waals surface area contributed by atoms with Gasteiger partial charge in [0.25, 0.3) is 0 Å². The summed E-state index contributed by atoms with van der Waals surface area (Å²) in [5.41, 5.74) is -0.196. The molecule has 0 aromatic heterocycles. The summed E-state index contributed by atoms with van der Waals surface area (Å²) in [7, 11) is 0. The Hall–Kier alpha value is -2.66. The number of benzene rings is 2. The highest BCUT2D eigenvalue weighted by atomic mass is 16.7. The van der Waals surface area contributed by atoms with Gasteiger partial charge < -0.3 is 4.74 Å². The lowest BCUT2D eigenvalue weighted by Crippen LogP contribution is -2.52. The lowest BCUT2D eigenvalue weighted by atomic mass is 9.69. The number of carbonyl (C=O) groups excluding carboxylic acids is 2. The number of Topliss-reactive ketones (excluding diaryl/α,β-unsaturated/α-hetero) is 1. The molecular formula is C21H21NO4. The Labute approximate surface area is 152 Å². The van der Waals surface area contributed by atoms with Gasteiger partial charge in [0.1, 0.15) is 11.5 Å². The third-order valence-corrected chi connectivity index (χ3v) is 5.21. The second kappa shape index (κ2) is 5.68. The van der Waals surface area contributed by atoms with E-state index < -0.39 is 23.0 Å². The molecule has 2 aromatic rings. The molecule has 26 heavy (non-hydrogen) atoms. The molecule has 2 aliphatic heterocycles. The Morgan fingerprint density at radius 2 is 1.77 bits per heavy atom. The molecule has 0 spiro atoms. The van der Waals surface area contributed by atoms with E-state index in [2.05, 4.69) is 0 Å². The van der Waals surface area contributed by atoms with E-state index in [9.17, 15) is 9.59 Å². The molecule has 5 heteroatoms. The average Bonchev–Trinajstić information content (AvgIpc) is 3.02. The zero-order valence-corrected chi connectivity index (χ0v) is 15.1. The van der Waals surface area contributed by atoms with Crippen LogP contribution >= 0.6 is 0 Å². The first-order valence-electron chi connectivity index (χ1n) is 8.80. The van der Waals surface area contributed by atoms with Crippen molar-refractivity contribution in [2.24, 2.45) is 5.92 Å². The third kappa shape index (κ3) is 2.01. The van der Waals surface area contributed by atoms with Gasteiger partial charge in [-0.25, -0.2) is 5.06 Å². The predicted octanol–water partition coefficient (Wildman–Crippen LogP) is 3.49. The number of fused-ring (bicyclic) bond motifs is 3. The summed E-state index contributed by atoms with van der Waals surface area (Å²) >= 11 is 0. The number of hydroxylamine groups is 1. The molecule has 0 N–H and O–H groups in total. The zero-order valence-electron chi connectivity index (χ0n) is 15.1. The smallest absolute Gasteiger partial charge is 0.315 e. The molecule has 2 aliphatic rings. The molecule has 0 amide bonds. The van der Waals surface area contributed by atoms with Gasteiger partial charge in [-0.15, -0.1) is 0 Å². The fourth-order valence-electron chi connectivity index (χ4n) is 4.28. The normalized spacial score (nSPS) is 25.7. The lowest BCUT2D eigenvalue weighted by Gasteiger charge is -2.34. The Kier molecular flexibility index (Phi) is 3.66. The molecule has 0 aliphatic carbocycles. The molecule has 0 bridgehead atoms. The van der Waals surface area contributed by atoms with Crippen LogP contribution in [0.25, 0.3) is 0 Å². The van der Waals surface area contributed by atoms with Crippen molar-refractivity contribution in [3.05, 3.63) is 65.7 Å². The Morgan fingerprint density at radius 1 is 1.12 bits per heavy atom. The topological polar surface area (TPSA) is 55.8 Å². The minimum atomic E-state index is -1.26. The summed E-state index contributed by atoms with van der Waals surface area (Å²) in [6, 6.07) is 16.7. The number of ether oxygens (including phenoxy) is 1. The summed E-state index contributed by atoms with van der Waals surface area (Å²) < 4.78 is 5.37. The molecule has 0 saturated carbocycles. The first-order valence-corrected chi connectivity index (χ1v) is 8.80. The van der Waals surface area contributed by atoms with Crippen LogP contribution in [0.2, 0.25) is 0 Å². The highest BCUT2D eigenvalue weighted by Gasteiger charge is 2.71. The molecule has 1 saturated heterocycles. The molecule has 0 radical (unpaired) electrons. The maximum absolute atomic E-state index is 13.7. The first kappa shape index (κ1) is 16.8. The number of anilines is 1. The van der Waals surface area contributed by atoms with E-state index in [1.807, 2.05) is 62.4 Å². The van der Waals surface area contributed by atoms with Crippen LogP contribution in [-0.2, 0) is 19.9 Å². The molecule has 134 valence electrons. The highest BCUT2D eigenvalue weighted by molar-refractivity contribution is 6.16. The first-order chi connectivity index (χ1) is 12.4. The van der Waals surface area contributed by atoms with Gasteiger partial charge in [-0.1, -0.05) is 42.5 Å². The van der Waals surface area contributed by atoms with E-state index in [0.29, 0.717) is 11.3 Å². The van der Waals surface area contributed by atoms with Crippen molar-refractivity contribution < 1.29 is 19.2 Å². The molecule has 1 fully saturated rings. The van der Waals surface area contributed by atoms with Gasteiger partial charge in [-0.05, 0) is 38.5 Å². The third-order valence-electron chi connectivity index (χ3n) is 5.21. The summed E-state index contributed by atoms with van der Waals surface area (Å²) in [5, 5.41) is 1.63. The molecule has 4 rings (SSSR count). The molecule has 2 heterocycles. The second-order valence-electron chi connectivity index (χ2n) is 7.15. The molecular weight excluding hydrogens is 330 g/mol. The minimum absolute atomic E-state index is 0.136. The SMILES string of the molecule is CCOC(=O)[C@H]1C(C)(C)ON2c3ccccc3C(=O)[C@@]12c1ccccc1. The average molecular weight is 351 g/mol. The van der Waals surface area contributed by atoms with Crippen molar-refractivity contribution in [1.29, 1.82) is 0 Å². The van der Waals surface area contributed by atoms with Crippen molar-refractivity contribution in [3.8, 4) is 0 Å². The number of hydrogen-bond acceptors (Lipinski definition) is 5. The number of nitrogens with zero attached hydrogens (tertiary/aromatic N) is 1. The molecule has 2 atom stereocenters. The van der Waals surface area contributed by atoms with Crippen molar-refractivity contribution in [3.63, 3.8) is 0 Å². The van der Waals surface area contributed by atoms with Crippen LogP contribution < -0.4 is 5.06 Å². The van der Waals surface area contributed by atoms with E-state index in [-0.39, 0.29) is 12.4 Å². The van der Waals surface area contributed by atoms with Crippen LogP contribution in [-0.4, -0.2) is 24.0 Å². The van der Waals surface area contributed by atoms with Gasteiger partial charge in [0.05, 0.1) is 12.3 Å². The van der Waals surface area contributed by atoms with Crippen LogP contribution in [0.5, 0.6) is 0 Å². The summed E-state index contributed by atoms with van der Waals surface area (Å²) in [6.45, 7) is 5.66. The van der Waals surface area contributed by atoms with Gasteiger partial charge >= 0.3 is 5.97 Å². The van der Waals surface area contributed by atoms with Crippen LogP contribution in [0.3, 0.4) is 0 Å². The fraction of sp³-hybridized carbons (Fsp3) is 0.333. The van der Waals surface area contributed by atoms with Gasteiger partial charge in [-0.3, -0.25) is 14.4 Å². The van der Waals surface area contributed by atoms with Crippen LogP contribution in [0.1, 0.15) is 36.7 Å². The Morgan fingerprint density at radius 3 is 2.46 bits per heavy atom. The number of rotatable bonds is 3. The zero-order chi connectivity index (χ0) is 18.5. The van der Waals surface area contributed by atoms with Crippen LogP contribution in [0.15, 0.2) is 54.6 Å². The molecule has 2 aromatic carbocycles. The highest BCUT2D eigenvalue weighted by Crippen LogP contribution is 2.58. The lowest BCUT2D eigenvalue weighted by molar-refractivity contribution is -0.154.